The van der Waals surface area contributed by atoms with E-state index in [9.17, 15) is 24.4 Å². The Balaban J connectivity index is 1.56. The van der Waals surface area contributed by atoms with Crippen LogP contribution in [0.3, 0.4) is 0 Å². The molecule has 99 heavy (non-hydrogen) atoms. The molecule has 8 rings (SSSR count). The van der Waals surface area contributed by atoms with Crippen LogP contribution in [0.1, 0.15) is 133 Å². The molecule has 4 unspecified atom stereocenters. The van der Waals surface area contributed by atoms with Crippen LogP contribution in [0.5, 0.6) is 46.0 Å². The van der Waals surface area contributed by atoms with E-state index in [2.05, 4.69) is 37.2 Å². The van der Waals surface area contributed by atoms with Crippen LogP contribution in [0.4, 0.5) is 0 Å². The van der Waals surface area contributed by atoms with Gasteiger partial charge < -0.3 is 90.3 Å². The first-order valence-corrected chi connectivity index (χ1v) is 38.9. The Hall–Kier alpha value is -7.93. The van der Waals surface area contributed by atoms with Gasteiger partial charge in [0.15, 0.2) is 28.1 Å². The third-order valence-corrected chi connectivity index (χ3v) is 27.7. The van der Waals surface area contributed by atoms with Crippen molar-refractivity contribution < 1.29 is 80.9 Å². The van der Waals surface area contributed by atoms with E-state index in [1.807, 2.05) is 81.6 Å². The Bertz CT molecular complexity index is 3850. The molecule has 0 spiro atoms. The predicted octanol–water partition coefficient (Wildman–Crippen LogP) is 9.23. The van der Waals surface area contributed by atoms with Crippen molar-refractivity contribution in [1.29, 1.82) is 0 Å². The highest BCUT2D eigenvalue weighted by Gasteiger charge is 2.46. The molecule has 0 aliphatic carbocycles. The fourth-order valence-electron chi connectivity index (χ4n) is 11.0. The van der Waals surface area contributed by atoms with Gasteiger partial charge >= 0.3 is 7.12 Å². The number of primary amides is 1. The first kappa shape index (κ1) is 78.4. The Morgan fingerprint density at radius 2 is 1.31 bits per heavy atom. The molecule has 7 amide bonds. The molecule has 0 radical (unpaired) electrons. The summed E-state index contributed by atoms with van der Waals surface area (Å²) in [7, 11) is -0.922. The van der Waals surface area contributed by atoms with Crippen LogP contribution in [0, 0.1) is 5.92 Å². The zero-order valence-electron chi connectivity index (χ0n) is 59.3. The van der Waals surface area contributed by atoms with Gasteiger partial charge in [0.25, 0.3) is 0 Å². The molecular formula is C69H93BCl2N8O17Si2. The highest BCUT2D eigenvalue weighted by Crippen LogP contribution is 2.50. The molecule has 3 aliphatic rings. The van der Waals surface area contributed by atoms with E-state index in [0.717, 1.165) is 0 Å². The molecule has 25 nitrogen and oxygen atoms in total. The Morgan fingerprint density at radius 3 is 1.88 bits per heavy atom. The average molecular weight is 1440 g/mol. The molecule has 5 aromatic rings. The normalized spacial score (nSPS) is 19.3. The molecule has 5 aromatic carbocycles. The third-order valence-electron chi connectivity index (χ3n) is 18.3. The number of methoxy groups -OCH3 is 4. The van der Waals surface area contributed by atoms with Crippen LogP contribution >= 0.6 is 23.2 Å². The van der Waals surface area contributed by atoms with Crippen molar-refractivity contribution in [2.75, 3.05) is 42.0 Å². The van der Waals surface area contributed by atoms with Crippen molar-refractivity contribution in [3.05, 3.63) is 117 Å². The number of fused-ring (bicyclic) bond motifs is 11. The molecular weight excluding hydrogens is 1350 g/mol. The molecule has 0 saturated heterocycles. The van der Waals surface area contributed by atoms with Gasteiger partial charge in [0.05, 0.1) is 64.1 Å². The smallest absolute Gasteiger partial charge is 0.480 e. The maximum atomic E-state index is 16.2. The Morgan fingerprint density at radius 1 is 0.697 bits per heavy atom. The number of likely N-dealkylation sites (N-methyl/N-ethyl adjacent to an activating group) is 1. The number of hydrogen-bond donors (Lipinski definition) is 10. The summed E-state index contributed by atoms with van der Waals surface area (Å²) in [6.07, 6.45) is -2.80. The fraction of sp³-hybridized carbons (Fsp3) is 0.464. The molecule has 30 heteroatoms. The van der Waals surface area contributed by atoms with Crippen LogP contribution < -0.4 is 71.4 Å². The van der Waals surface area contributed by atoms with E-state index >= 15 is 19.2 Å². The first-order chi connectivity index (χ1) is 46.2. The number of hydrogen-bond acceptors (Lipinski definition) is 18. The summed E-state index contributed by atoms with van der Waals surface area (Å²) in [5, 5.41) is 41.0. The lowest BCUT2D eigenvalue weighted by Gasteiger charge is -2.41. The molecule has 0 aromatic heterocycles. The minimum absolute atomic E-state index is 0.00547. The molecule has 0 saturated carbocycles. The van der Waals surface area contributed by atoms with Crippen LogP contribution in [0.25, 0.3) is 11.1 Å². The van der Waals surface area contributed by atoms with Crippen molar-refractivity contribution in [3.63, 3.8) is 0 Å². The van der Waals surface area contributed by atoms with Gasteiger partial charge in [-0.15, -0.1) is 0 Å². The third kappa shape index (κ3) is 18.7. The first-order valence-electron chi connectivity index (χ1n) is 32.3. The second kappa shape index (κ2) is 32.2. The summed E-state index contributed by atoms with van der Waals surface area (Å²) < 4.78 is 51.4. The molecule has 7 bridgehead atoms. The average Bonchev–Trinajstić information content (AvgIpc) is 0.847. The lowest BCUT2D eigenvalue weighted by molar-refractivity contribution is -0.137. The number of amides is 7. The number of rotatable bonds is 20. The van der Waals surface area contributed by atoms with Gasteiger partial charge in [-0.05, 0) is 144 Å². The van der Waals surface area contributed by atoms with Crippen LogP contribution in [0.2, 0.25) is 46.3 Å². The van der Waals surface area contributed by atoms with Crippen molar-refractivity contribution in [2.24, 2.45) is 11.7 Å². The summed E-state index contributed by atoms with van der Waals surface area (Å²) >= 11 is 14.3. The second-order valence-corrected chi connectivity index (χ2v) is 38.3. The maximum absolute atomic E-state index is 16.2. The SMILES string of the molecule is CN[C@@H](CC(C)C)C(=O)N[C@H]1C(=O)NC(CC(N)=O)C(=O)N[C@H]2C(=O)N[C@H](c3ccc(OC)c(-c4c(OC)cc(OC)cc4C(NC(C)=O)B(O)O)c3)C(=O)NCC(O[Si](C)(C)C(C)(C)C)c3cc(Cl)cc(c3)Oc3cc2cc(c3OC)Oc2ccc(cc2Cl)C1O[Si](C)(C)C(C)(C)C. The van der Waals surface area contributed by atoms with Crippen molar-refractivity contribution in [2.45, 2.75) is 160 Å². The Kier molecular flexibility index (Phi) is 25.5. The number of carbonyl (C=O) groups is 7. The van der Waals surface area contributed by atoms with E-state index in [4.69, 9.17) is 66.2 Å². The maximum Gasteiger partial charge on any atom is 0.480 e. The molecule has 536 valence electrons. The van der Waals surface area contributed by atoms with Crippen molar-refractivity contribution in [3.8, 4) is 57.1 Å². The number of ether oxygens (including phenoxy) is 6. The zero-order chi connectivity index (χ0) is 73.6. The topological polar surface area (TPSA) is 344 Å². The quantitative estimate of drug-likeness (QED) is 0.0324. The molecule has 3 aliphatic heterocycles. The van der Waals surface area contributed by atoms with Gasteiger partial charge in [0.1, 0.15) is 52.9 Å². The number of nitrogens with one attached hydrogen (secondary N) is 7. The van der Waals surface area contributed by atoms with Gasteiger partial charge in [-0.25, -0.2) is 0 Å². The van der Waals surface area contributed by atoms with Gasteiger partial charge in [0, 0.05) is 35.7 Å². The summed E-state index contributed by atoms with van der Waals surface area (Å²) in [5.41, 5.74) is 6.97. The fourth-order valence-corrected chi connectivity index (χ4v) is 14.0. The summed E-state index contributed by atoms with van der Waals surface area (Å²) in [6, 6.07) is 11.6. The lowest BCUT2D eigenvalue weighted by atomic mass is 9.72. The Labute approximate surface area is 590 Å². The van der Waals surface area contributed by atoms with Gasteiger partial charge in [0.2, 0.25) is 47.1 Å². The summed E-state index contributed by atoms with van der Waals surface area (Å²) in [5.74, 6) is -7.69. The molecule has 0 fully saturated rings. The number of carbonyl (C=O) groups excluding carboxylic acids is 7. The van der Waals surface area contributed by atoms with Crippen LogP contribution in [-0.2, 0) is 42.4 Å². The van der Waals surface area contributed by atoms with Gasteiger partial charge in [-0.3, -0.25) is 33.6 Å². The van der Waals surface area contributed by atoms with E-state index in [-0.39, 0.29) is 101 Å². The number of benzene rings is 5. The largest absolute Gasteiger partial charge is 0.497 e. The number of nitrogens with two attached hydrogens (primary N) is 1. The lowest BCUT2D eigenvalue weighted by Crippen LogP contribution is -2.60. The summed E-state index contributed by atoms with van der Waals surface area (Å²) in [6.45, 7) is 24.9. The van der Waals surface area contributed by atoms with Crippen molar-refractivity contribution in [1.82, 2.24) is 37.2 Å². The highest BCUT2D eigenvalue weighted by atomic mass is 35.5. The van der Waals surface area contributed by atoms with E-state index < -0.39 is 125 Å². The minimum atomic E-state index is -2.99. The minimum Gasteiger partial charge on any atom is -0.497 e. The molecule has 11 N–H and O–H groups in total. The van der Waals surface area contributed by atoms with E-state index in [1.165, 1.54) is 96.0 Å². The summed E-state index contributed by atoms with van der Waals surface area (Å²) in [4.78, 5) is 104. The zero-order valence-corrected chi connectivity index (χ0v) is 62.8. The second-order valence-electron chi connectivity index (χ2n) is 28.0. The predicted molar refractivity (Wildman–Crippen MR) is 381 cm³/mol. The molecule has 3 heterocycles. The van der Waals surface area contributed by atoms with Gasteiger partial charge in [-0.1, -0.05) is 90.7 Å². The van der Waals surface area contributed by atoms with E-state index in [1.54, 1.807) is 25.2 Å². The van der Waals surface area contributed by atoms with Gasteiger partial charge in [-0.2, -0.15) is 0 Å². The monoisotopic (exact) mass is 1440 g/mol. The molecule has 8 atom stereocenters. The standard InChI is InChI=1S/C69H93BCl2N8O17Si2/c1-35(2)23-47(74-10)63(83)80-59-60(97-99(17,18)69(7,8)9)38-20-22-50(46(72)27-38)95-53-29-40-28-52(61(53)93-14)94-43-25-39(24-41(71)30-43)54(96-98(15,16)68(4,5)6)34-75-65(85)57(79-66(86)58(40)78-64(84)48(33-55(73)82)77-67(59)87)37-19-21-49(91-12)44(26-37)56-45(62(70(88)89)76-36(3)81)31-42(90-11)32-51(56)92-13/h19-22,24-32,35,47-48,54,57-60,62,74,88-89H,23,33-34H2,1-18H3,(H2,73,82)(H,75,85)(H,76,81)(H,77,87)(H,78,84)(H,79,86)(H,80,83)/t47-,48?,54?,57+,58+,59+,60?,62?/m0/s1. The van der Waals surface area contributed by atoms with Crippen molar-refractivity contribution >= 4 is 88.3 Å². The highest BCUT2D eigenvalue weighted by molar-refractivity contribution is 6.74. The number of halogens is 2. The van der Waals surface area contributed by atoms with Crippen LogP contribution in [0.15, 0.2) is 78.9 Å². The van der Waals surface area contributed by atoms with Crippen LogP contribution in [-0.4, -0.2) is 135 Å². The van der Waals surface area contributed by atoms with E-state index in [0.29, 0.717) is 17.5 Å².